The molecule has 4 heteroatoms. The highest BCUT2D eigenvalue weighted by Gasteiger charge is 2.29. The maximum atomic E-state index is 4.03. The molecule has 0 aliphatic carbocycles. The zero-order valence-electron chi connectivity index (χ0n) is 16.6. The number of hydrogen-bond donors (Lipinski definition) is 2. The van der Waals surface area contributed by atoms with Gasteiger partial charge in [0.05, 0.1) is 5.54 Å². The molecule has 1 heterocycles. The van der Waals surface area contributed by atoms with Crippen LogP contribution in [-0.4, -0.2) is 16.9 Å². The first kappa shape index (κ1) is 21.3. The smallest absolute Gasteiger partial charge is 0.129 e. The Balaban J connectivity index is 1.88. The zero-order valence-corrected chi connectivity index (χ0v) is 16.6. The van der Waals surface area contributed by atoms with Gasteiger partial charge in [-0.05, 0) is 19.8 Å². The summed E-state index contributed by atoms with van der Waals surface area (Å²) in [6, 6.07) is 0. The molecule has 1 rings (SSSR count). The lowest BCUT2D eigenvalue weighted by molar-refractivity contribution is 0.115. The van der Waals surface area contributed by atoms with Crippen molar-refractivity contribution in [1.29, 1.82) is 0 Å². The molecule has 0 spiro atoms. The Bertz CT molecular complexity index is 319. The highest BCUT2D eigenvalue weighted by Crippen LogP contribution is 2.25. The molecule has 142 valence electrons. The Morgan fingerprint density at radius 1 is 0.792 bits per heavy atom. The molecule has 1 aliphatic rings. The predicted molar refractivity (Wildman–Crippen MR) is 106 cm³/mol. The highest BCUT2D eigenvalue weighted by atomic mass is 15.8. The Morgan fingerprint density at radius 2 is 1.29 bits per heavy atom. The number of rotatable bonds is 16. The van der Waals surface area contributed by atoms with Crippen LogP contribution in [0.25, 0.3) is 0 Å². The minimum atomic E-state index is 0.171. The van der Waals surface area contributed by atoms with Gasteiger partial charge in [0.2, 0.25) is 0 Å². The zero-order chi connectivity index (χ0) is 17.5. The molecular weight excluding hydrogens is 296 g/mol. The Labute approximate surface area is 150 Å². The van der Waals surface area contributed by atoms with Gasteiger partial charge < -0.3 is 0 Å². The van der Waals surface area contributed by atoms with Gasteiger partial charge in [0.1, 0.15) is 6.34 Å². The van der Waals surface area contributed by atoms with Crippen molar-refractivity contribution in [2.45, 2.75) is 123 Å². The fraction of sp³-hybridized carbons (Fsp3) is 0.950. The van der Waals surface area contributed by atoms with Crippen molar-refractivity contribution in [2.75, 3.05) is 0 Å². The van der Waals surface area contributed by atoms with Crippen LogP contribution in [0, 0.1) is 0 Å². The second-order valence-corrected chi connectivity index (χ2v) is 7.68. The minimum Gasteiger partial charge on any atom is -0.272 e. The summed E-state index contributed by atoms with van der Waals surface area (Å²) in [4.78, 5) is 0. The summed E-state index contributed by atoms with van der Waals surface area (Å²) in [6.07, 6.45) is 22.6. The van der Waals surface area contributed by atoms with E-state index in [0.29, 0.717) is 0 Å². The molecule has 0 radical (unpaired) electrons. The Kier molecular flexibility index (Phi) is 12.0. The summed E-state index contributed by atoms with van der Waals surface area (Å²) in [5.41, 5.74) is 6.08. The third kappa shape index (κ3) is 8.91. The van der Waals surface area contributed by atoms with Gasteiger partial charge in [0, 0.05) is 0 Å². The van der Waals surface area contributed by atoms with E-state index in [4.69, 9.17) is 0 Å². The van der Waals surface area contributed by atoms with Gasteiger partial charge in [0.25, 0.3) is 0 Å². The maximum absolute atomic E-state index is 4.03. The maximum Gasteiger partial charge on any atom is 0.129 e. The molecule has 24 heavy (non-hydrogen) atoms. The van der Waals surface area contributed by atoms with E-state index in [9.17, 15) is 0 Å². The topological polar surface area (TPSA) is 39.7 Å². The number of hydrogen-bond acceptors (Lipinski definition) is 4. The number of unbranched alkanes of at least 4 members (excludes halogenated alkanes) is 12. The van der Waals surface area contributed by atoms with Crippen LogP contribution in [0.1, 0.15) is 117 Å². The first-order valence-electron chi connectivity index (χ1n) is 10.6. The Morgan fingerprint density at radius 3 is 1.71 bits per heavy atom. The number of hydrazone groups is 1. The van der Waals surface area contributed by atoms with E-state index in [1.165, 1.54) is 89.9 Å². The van der Waals surface area contributed by atoms with Crippen LogP contribution in [0.2, 0.25) is 0 Å². The molecule has 0 aromatic rings. The molecule has 0 saturated heterocycles. The van der Waals surface area contributed by atoms with Crippen molar-refractivity contribution >= 4 is 6.34 Å². The molecule has 2 N–H and O–H groups in total. The molecule has 1 unspecified atom stereocenters. The molecule has 0 bridgehead atoms. The van der Waals surface area contributed by atoms with Crippen LogP contribution < -0.4 is 11.1 Å². The van der Waals surface area contributed by atoms with Crippen LogP contribution in [0.5, 0.6) is 0 Å². The van der Waals surface area contributed by atoms with Crippen molar-refractivity contribution in [3.63, 3.8) is 0 Å². The van der Waals surface area contributed by atoms with Gasteiger partial charge in [-0.25, -0.2) is 5.53 Å². The van der Waals surface area contributed by atoms with Crippen molar-refractivity contribution in [3.05, 3.63) is 0 Å². The summed E-state index contributed by atoms with van der Waals surface area (Å²) in [6.45, 7) is 6.87. The molecule has 1 atom stereocenters. The van der Waals surface area contributed by atoms with Gasteiger partial charge in [-0.15, -0.1) is 5.53 Å². The second kappa shape index (κ2) is 13.5. The van der Waals surface area contributed by atoms with Gasteiger partial charge in [-0.1, -0.05) is 97.3 Å². The van der Waals surface area contributed by atoms with Gasteiger partial charge in [-0.2, -0.15) is 5.10 Å². The van der Waals surface area contributed by atoms with Crippen LogP contribution in [0.15, 0.2) is 5.10 Å². The van der Waals surface area contributed by atoms with E-state index in [0.717, 1.165) is 6.42 Å². The van der Waals surface area contributed by atoms with E-state index in [-0.39, 0.29) is 5.54 Å². The molecule has 0 fully saturated rings. The lowest BCUT2D eigenvalue weighted by Gasteiger charge is -2.36. The monoisotopic (exact) mass is 338 g/mol. The molecule has 0 saturated carbocycles. The van der Waals surface area contributed by atoms with E-state index >= 15 is 0 Å². The second-order valence-electron chi connectivity index (χ2n) is 7.68. The molecular formula is C20H42N4. The largest absolute Gasteiger partial charge is 0.272 e. The van der Waals surface area contributed by atoms with Crippen molar-refractivity contribution < 1.29 is 0 Å². The van der Waals surface area contributed by atoms with Crippen LogP contribution in [0.4, 0.5) is 0 Å². The quantitative estimate of drug-likeness (QED) is 0.344. The first-order valence-corrected chi connectivity index (χ1v) is 10.6. The minimum absolute atomic E-state index is 0.171. The molecule has 1 aliphatic heterocycles. The average molecular weight is 339 g/mol. The molecule has 0 aromatic carbocycles. The summed E-state index contributed by atoms with van der Waals surface area (Å²) < 4.78 is 0. The van der Waals surface area contributed by atoms with Crippen LogP contribution in [0.3, 0.4) is 0 Å². The third-order valence-electron chi connectivity index (χ3n) is 5.57. The molecule has 4 nitrogen and oxygen atoms in total. The van der Waals surface area contributed by atoms with Gasteiger partial charge >= 0.3 is 0 Å². The number of nitrogens with zero attached hydrogens (tertiary/aromatic N) is 2. The number of hydrazine groups is 2. The lowest BCUT2D eigenvalue weighted by Crippen LogP contribution is -2.52. The summed E-state index contributed by atoms with van der Waals surface area (Å²) in [5.74, 6) is 0. The highest BCUT2D eigenvalue weighted by molar-refractivity contribution is 5.56. The molecule has 0 amide bonds. The molecule has 0 aromatic heterocycles. The SMILES string of the molecule is CCCCCCCCCCCCCCCC(C)(CC)N1C=NNN1. The standard InChI is InChI=1S/C20H42N4/c1-4-6-7-8-9-10-11-12-13-14-15-16-17-18-20(3,5-2)24-19-21-22-23-24/h19,22-23H,4-18H2,1-3H3. The fourth-order valence-electron chi connectivity index (χ4n) is 3.46. The van der Waals surface area contributed by atoms with Crippen LogP contribution >= 0.6 is 0 Å². The third-order valence-corrected chi connectivity index (χ3v) is 5.57. The number of nitrogens with one attached hydrogen (secondary N) is 2. The normalized spacial score (nSPS) is 16.4. The average Bonchev–Trinajstić information content (AvgIpc) is 3.14. The summed E-state index contributed by atoms with van der Waals surface area (Å²) in [5, 5.41) is 6.15. The van der Waals surface area contributed by atoms with Crippen molar-refractivity contribution in [1.82, 2.24) is 16.1 Å². The summed E-state index contributed by atoms with van der Waals surface area (Å²) >= 11 is 0. The van der Waals surface area contributed by atoms with Gasteiger partial charge in [0.15, 0.2) is 0 Å². The van der Waals surface area contributed by atoms with Crippen LogP contribution in [-0.2, 0) is 0 Å². The van der Waals surface area contributed by atoms with E-state index in [1.807, 2.05) is 6.34 Å². The Hall–Kier alpha value is -0.770. The van der Waals surface area contributed by atoms with E-state index in [2.05, 4.69) is 42.0 Å². The van der Waals surface area contributed by atoms with E-state index < -0.39 is 0 Å². The van der Waals surface area contributed by atoms with Crippen molar-refractivity contribution in [2.24, 2.45) is 5.10 Å². The fourth-order valence-corrected chi connectivity index (χ4v) is 3.46. The van der Waals surface area contributed by atoms with Crippen molar-refractivity contribution in [3.8, 4) is 0 Å². The lowest BCUT2D eigenvalue weighted by atomic mass is 9.90. The first-order chi connectivity index (χ1) is 11.7. The predicted octanol–water partition coefficient (Wildman–Crippen LogP) is 5.90. The summed E-state index contributed by atoms with van der Waals surface area (Å²) in [7, 11) is 0. The van der Waals surface area contributed by atoms with E-state index in [1.54, 1.807) is 0 Å². The van der Waals surface area contributed by atoms with Gasteiger partial charge in [-0.3, -0.25) is 5.01 Å².